The molecule has 1 aliphatic heterocycles. The molecule has 0 bridgehead atoms. The van der Waals surface area contributed by atoms with E-state index in [2.05, 4.69) is 20.4 Å². The van der Waals surface area contributed by atoms with Crippen LogP contribution in [0.4, 0.5) is 11.6 Å². The lowest BCUT2D eigenvalue weighted by Crippen LogP contribution is -2.37. The van der Waals surface area contributed by atoms with E-state index in [1.165, 1.54) is 11.0 Å². The number of hydrogen-bond acceptors (Lipinski definition) is 10. The summed E-state index contributed by atoms with van der Waals surface area (Å²) in [6.45, 7) is -0.459. The summed E-state index contributed by atoms with van der Waals surface area (Å²) >= 11 is 0. The van der Waals surface area contributed by atoms with E-state index in [1.54, 1.807) is 7.05 Å². The predicted molar refractivity (Wildman–Crippen MR) is 78.4 cm³/mol. The van der Waals surface area contributed by atoms with Crippen LogP contribution in [0.1, 0.15) is 0 Å². The fraction of sp³-hybridized carbons (Fsp3) is 0.500. The highest BCUT2D eigenvalue weighted by Gasteiger charge is 2.42. The molecule has 124 valence electrons. The fourth-order valence-electron chi connectivity index (χ4n) is 2.48. The van der Waals surface area contributed by atoms with Crippen molar-refractivity contribution in [2.24, 2.45) is 7.05 Å². The van der Waals surface area contributed by atoms with Gasteiger partial charge in [-0.3, -0.25) is 4.79 Å². The first-order chi connectivity index (χ1) is 10.9. The van der Waals surface area contributed by atoms with Crippen LogP contribution < -0.4 is 16.5 Å². The maximum absolute atomic E-state index is 12.2. The molecule has 0 saturated carbocycles. The summed E-state index contributed by atoms with van der Waals surface area (Å²) in [5.41, 5.74) is 5.26. The summed E-state index contributed by atoms with van der Waals surface area (Å²) in [6.07, 6.45) is -3.35. The molecule has 2 aromatic heterocycles. The van der Waals surface area contributed by atoms with Gasteiger partial charge in [-0.05, 0) is 0 Å². The minimum Gasteiger partial charge on any atom is -0.394 e. The minimum absolute atomic E-state index is 0.0829. The summed E-state index contributed by atoms with van der Waals surface area (Å²) in [5, 5.41) is 35.5. The van der Waals surface area contributed by atoms with Gasteiger partial charge in [-0.25, -0.2) is 14.6 Å². The quantitative estimate of drug-likeness (QED) is 0.396. The van der Waals surface area contributed by atoms with Crippen LogP contribution in [0, 0.1) is 0 Å². The molecule has 23 heavy (non-hydrogen) atoms. The van der Waals surface area contributed by atoms with Gasteiger partial charge in [0.2, 0.25) is 5.43 Å². The summed E-state index contributed by atoms with van der Waals surface area (Å²) < 4.78 is 6.64. The first-order valence-electron chi connectivity index (χ1n) is 6.80. The van der Waals surface area contributed by atoms with Gasteiger partial charge in [-0.15, -0.1) is 5.10 Å². The van der Waals surface area contributed by atoms with Gasteiger partial charge >= 0.3 is 0 Å². The minimum atomic E-state index is -1.31. The van der Waals surface area contributed by atoms with Crippen LogP contribution in [0.25, 0.3) is 11.0 Å². The van der Waals surface area contributed by atoms with Crippen LogP contribution in [-0.2, 0) is 11.8 Å². The van der Waals surface area contributed by atoms with Crippen molar-refractivity contribution in [2.75, 3.05) is 17.7 Å². The molecule has 11 heteroatoms. The Balaban J connectivity index is 2.03. The largest absolute Gasteiger partial charge is 0.394 e. The van der Waals surface area contributed by atoms with Gasteiger partial charge in [-0.1, -0.05) is 0 Å². The number of aromatic nitrogens is 4. The fourth-order valence-corrected chi connectivity index (χ4v) is 2.48. The van der Waals surface area contributed by atoms with Crippen molar-refractivity contribution in [1.29, 1.82) is 0 Å². The molecular formula is C12H16N6O5. The Morgan fingerprint density at radius 2 is 2.13 bits per heavy atom. The van der Waals surface area contributed by atoms with Gasteiger partial charge in [0.15, 0.2) is 17.7 Å². The normalized spacial score (nSPS) is 27.5. The van der Waals surface area contributed by atoms with Gasteiger partial charge < -0.3 is 31.1 Å². The van der Waals surface area contributed by atoms with Gasteiger partial charge in [0, 0.05) is 7.05 Å². The molecule has 1 aliphatic rings. The first-order valence-corrected chi connectivity index (χ1v) is 6.80. The Bertz CT molecular complexity index is 795. The number of fused-ring (bicyclic) bond motifs is 1. The zero-order valence-electron chi connectivity index (χ0n) is 12.1. The summed E-state index contributed by atoms with van der Waals surface area (Å²) in [6, 6.07) is 0. The third kappa shape index (κ3) is 2.49. The molecule has 2 aromatic rings. The van der Waals surface area contributed by atoms with Crippen LogP contribution in [-0.4, -0.2) is 66.2 Å². The van der Waals surface area contributed by atoms with Crippen molar-refractivity contribution in [3.63, 3.8) is 0 Å². The molecule has 0 aromatic carbocycles. The third-order valence-corrected chi connectivity index (χ3v) is 3.67. The molecule has 4 atom stereocenters. The average molecular weight is 324 g/mol. The highest BCUT2D eigenvalue weighted by Crippen LogP contribution is 2.24. The van der Waals surface area contributed by atoms with Crippen LogP contribution in [0.5, 0.6) is 0 Å². The van der Waals surface area contributed by atoms with E-state index in [0.717, 1.165) is 0 Å². The van der Waals surface area contributed by atoms with Crippen molar-refractivity contribution < 1.29 is 20.1 Å². The smallest absolute Gasteiger partial charge is 0.237 e. The second-order valence-electron chi connectivity index (χ2n) is 5.16. The van der Waals surface area contributed by atoms with Crippen molar-refractivity contribution in [1.82, 2.24) is 19.7 Å². The van der Waals surface area contributed by atoms with E-state index < -0.39 is 36.6 Å². The molecule has 0 spiro atoms. The second kappa shape index (κ2) is 5.70. The number of aliphatic hydroxyl groups excluding tert-OH is 3. The van der Waals surface area contributed by atoms with Crippen LogP contribution in [0.2, 0.25) is 0 Å². The number of aliphatic hydroxyl groups is 3. The summed E-state index contributed by atoms with van der Waals surface area (Å²) in [7, 11) is 1.57. The third-order valence-electron chi connectivity index (χ3n) is 3.67. The molecule has 11 nitrogen and oxygen atoms in total. The zero-order valence-corrected chi connectivity index (χ0v) is 12.1. The molecule has 1 fully saturated rings. The predicted octanol–water partition coefficient (Wildman–Crippen LogP) is -2.84. The van der Waals surface area contributed by atoms with Gasteiger partial charge in [0.1, 0.15) is 35.8 Å². The van der Waals surface area contributed by atoms with E-state index in [4.69, 9.17) is 15.6 Å². The monoisotopic (exact) mass is 324 g/mol. The Labute approximate surface area is 129 Å². The van der Waals surface area contributed by atoms with E-state index in [0.29, 0.717) is 0 Å². The van der Waals surface area contributed by atoms with Crippen molar-refractivity contribution in [3.8, 4) is 0 Å². The lowest BCUT2D eigenvalue weighted by atomic mass is 10.1. The van der Waals surface area contributed by atoms with E-state index >= 15 is 0 Å². The van der Waals surface area contributed by atoms with E-state index in [-0.39, 0.29) is 22.7 Å². The van der Waals surface area contributed by atoms with Crippen molar-refractivity contribution in [3.05, 3.63) is 16.6 Å². The zero-order chi connectivity index (χ0) is 16.7. The van der Waals surface area contributed by atoms with Crippen LogP contribution >= 0.6 is 0 Å². The Morgan fingerprint density at radius 3 is 2.78 bits per heavy atom. The number of nitrogens with one attached hydrogen (secondary N) is 1. The molecule has 0 amide bonds. The molecule has 3 rings (SSSR count). The van der Waals surface area contributed by atoms with Gasteiger partial charge in [0.05, 0.1) is 6.61 Å². The molecule has 1 saturated heterocycles. The molecule has 3 heterocycles. The van der Waals surface area contributed by atoms with Crippen molar-refractivity contribution >= 4 is 22.7 Å². The van der Waals surface area contributed by atoms with E-state index in [9.17, 15) is 15.0 Å². The Morgan fingerprint density at radius 1 is 1.39 bits per heavy atom. The van der Waals surface area contributed by atoms with Crippen LogP contribution in [0.15, 0.2) is 11.1 Å². The topological polar surface area (TPSA) is 169 Å². The van der Waals surface area contributed by atoms with Gasteiger partial charge in [0.25, 0.3) is 0 Å². The maximum Gasteiger partial charge on any atom is 0.237 e. The molecule has 6 N–H and O–H groups in total. The Kier molecular flexibility index (Phi) is 3.85. The number of nitrogen functional groups attached to an aromatic ring is 1. The molecular weight excluding hydrogens is 308 g/mol. The number of ether oxygens (including phenoxy) is 1. The summed E-state index contributed by atoms with van der Waals surface area (Å²) in [5.74, 6) is -0.140. The number of hydrogen-bond donors (Lipinski definition) is 5. The standard InChI is InChI=1S/C12H16N6O5/c1-18-11-5(7(21)9(13)17-18)10(14-3-15-11)16-12-8(22)6(20)4(2-19)23-12/h3-4,6,8,12,19-20,22H,2H2,1H3,(H2,13,17)(H,14,15,16)/t4-,6-,8-,12-/m1/s1. The van der Waals surface area contributed by atoms with Crippen LogP contribution in [0.3, 0.4) is 0 Å². The van der Waals surface area contributed by atoms with Gasteiger partial charge in [-0.2, -0.15) is 0 Å². The number of rotatable bonds is 3. The SMILES string of the molecule is Cn1nc(N)c(=O)c2c(N[C@@H]3O[C@H](CO)[C@@H](O)[C@H]3O)ncnc21. The van der Waals surface area contributed by atoms with E-state index in [1.807, 2.05) is 0 Å². The highest BCUT2D eigenvalue weighted by molar-refractivity contribution is 5.87. The average Bonchev–Trinajstić information content (AvgIpc) is 2.80. The lowest BCUT2D eigenvalue weighted by Gasteiger charge is -2.18. The molecule has 0 radical (unpaired) electrons. The van der Waals surface area contributed by atoms with Crippen molar-refractivity contribution in [2.45, 2.75) is 24.5 Å². The Hall–Kier alpha value is -2.34. The highest BCUT2D eigenvalue weighted by atomic mass is 16.6. The first kappa shape index (κ1) is 15.6. The number of nitrogens with zero attached hydrogens (tertiary/aromatic N) is 4. The maximum atomic E-state index is 12.2. The summed E-state index contributed by atoms with van der Waals surface area (Å²) in [4.78, 5) is 20.2. The number of anilines is 2. The number of aryl methyl sites for hydroxylation is 1. The second-order valence-corrected chi connectivity index (χ2v) is 5.16. The lowest BCUT2D eigenvalue weighted by molar-refractivity contribution is -0.0153. The molecule has 0 unspecified atom stereocenters. The molecule has 0 aliphatic carbocycles. The number of nitrogens with two attached hydrogens (primary N) is 1.